The predicted molar refractivity (Wildman–Crippen MR) is 121 cm³/mol. The monoisotopic (exact) mass is 452 g/mol. The van der Waals surface area contributed by atoms with Gasteiger partial charge in [-0.25, -0.2) is 19.7 Å². The molecule has 164 valence electrons. The number of H-pyrrole nitrogens is 1. The second kappa shape index (κ2) is 8.21. The second-order valence-corrected chi connectivity index (χ2v) is 8.14. The molecular formula is C21H21ClN8O2. The summed E-state index contributed by atoms with van der Waals surface area (Å²) in [4.78, 5) is 31.9. The minimum absolute atomic E-state index is 0.480. The van der Waals surface area contributed by atoms with Crippen molar-refractivity contribution in [3.63, 3.8) is 0 Å². The Labute approximate surface area is 187 Å². The number of nitrogens with zero attached hydrogens (tertiary/aromatic N) is 4. The normalized spacial score (nSPS) is 18.3. The Hall–Kier alpha value is -3.50. The number of aromatic amines is 1. The molecule has 1 aliphatic rings. The molecule has 10 nitrogen and oxygen atoms in total. The molecule has 1 fully saturated rings. The molecule has 1 aromatic carbocycles. The van der Waals surface area contributed by atoms with Crippen LogP contribution in [-0.4, -0.2) is 55.8 Å². The number of benzene rings is 1. The van der Waals surface area contributed by atoms with E-state index in [-0.39, 0.29) is 0 Å². The van der Waals surface area contributed by atoms with Crippen LogP contribution in [0.4, 0.5) is 10.6 Å². The fraction of sp³-hybridized carbons (Fsp3) is 0.286. The van der Waals surface area contributed by atoms with E-state index in [1.807, 2.05) is 18.2 Å². The first-order chi connectivity index (χ1) is 15.6. The lowest BCUT2D eigenvalue weighted by atomic mass is 9.82. The third-order valence-corrected chi connectivity index (χ3v) is 6.13. The van der Waals surface area contributed by atoms with Crippen LogP contribution in [0.25, 0.3) is 22.1 Å². The van der Waals surface area contributed by atoms with Crippen LogP contribution in [0.1, 0.15) is 17.5 Å². The Kier molecular flexibility index (Phi) is 5.24. The molecule has 1 saturated heterocycles. The number of hydrogen-bond acceptors (Lipinski definition) is 7. The summed E-state index contributed by atoms with van der Waals surface area (Å²) in [6, 6.07) is 5.65. The SMILES string of the molecule is O=C(O)N[C@]1(c2c(CCNc3ncnc4nc[nH]c34)cc(Cl)c3cccnc23)CCNC1. The van der Waals surface area contributed by atoms with Gasteiger partial charge in [0.15, 0.2) is 11.5 Å². The first-order valence-electron chi connectivity index (χ1n) is 10.2. The highest BCUT2D eigenvalue weighted by atomic mass is 35.5. The zero-order chi connectivity index (χ0) is 22.1. The molecule has 0 spiro atoms. The zero-order valence-corrected chi connectivity index (χ0v) is 17.8. The number of carboxylic acid groups (broad SMARTS) is 1. The number of fused-ring (bicyclic) bond motifs is 2. The summed E-state index contributed by atoms with van der Waals surface area (Å²) in [5.41, 5.74) is 3.04. The van der Waals surface area contributed by atoms with E-state index in [0.717, 1.165) is 22.0 Å². The molecule has 3 aromatic heterocycles. The Morgan fingerprint density at radius 3 is 3.00 bits per heavy atom. The van der Waals surface area contributed by atoms with Gasteiger partial charge in [-0.05, 0) is 43.1 Å². The van der Waals surface area contributed by atoms with Crippen LogP contribution in [0.5, 0.6) is 0 Å². The van der Waals surface area contributed by atoms with E-state index in [1.54, 1.807) is 12.5 Å². The van der Waals surface area contributed by atoms with E-state index in [2.05, 4.69) is 40.9 Å². The van der Waals surface area contributed by atoms with Crippen molar-refractivity contribution in [2.45, 2.75) is 18.4 Å². The maximum atomic E-state index is 11.7. The van der Waals surface area contributed by atoms with E-state index in [1.165, 1.54) is 6.33 Å². The molecule has 4 aromatic rings. The standard InChI is InChI=1S/C21H21ClN8O2/c22-14-8-12(3-6-25-18-17-19(27-10-26-17)29-11-28-18)15(16-13(14)2-1-5-24-16)21(30-20(31)32)4-7-23-9-21/h1-2,5,8,10-11,23,30H,3-4,6-7,9H2,(H,31,32)(H2,25,26,27,28,29)/t21-/m1/s1. The van der Waals surface area contributed by atoms with E-state index < -0.39 is 11.6 Å². The topological polar surface area (TPSA) is 141 Å². The summed E-state index contributed by atoms with van der Waals surface area (Å²) in [5.74, 6) is 0.653. The van der Waals surface area contributed by atoms with Crippen molar-refractivity contribution in [3.05, 3.63) is 53.2 Å². The van der Waals surface area contributed by atoms with Gasteiger partial charge in [-0.15, -0.1) is 0 Å². The van der Waals surface area contributed by atoms with Gasteiger partial charge >= 0.3 is 6.09 Å². The van der Waals surface area contributed by atoms with Crippen molar-refractivity contribution in [3.8, 4) is 0 Å². The smallest absolute Gasteiger partial charge is 0.405 e. The molecule has 32 heavy (non-hydrogen) atoms. The number of aromatic nitrogens is 5. The second-order valence-electron chi connectivity index (χ2n) is 7.73. The van der Waals surface area contributed by atoms with Gasteiger partial charge in [0.1, 0.15) is 11.8 Å². The van der Waals surface area contributed by atoms with Crippen molar-refractivity contribution in [2.24, 2.45) is 0 Å². The summed E-state index contributed by atoms with van der Waals surface area (Å²) in [6.45, 7) is 1.73. The fourth-order valence-electron chi connectivity index (χ4n) is 4.48. The molecule has 11 heteroatoms. The Morgan fingerprint density at radius 1 is 1.28 bits per heavy atom. The molecular weight excluding hydrogens is 432 g/mol. The maximum Gasteiger partial charge on any atom is 0.405 e. The number of carbonyl (C=O) groups is 1. The third kappa shape index (κ3) is 3.57. The van der Waals surface area contributed by atoms with Crippen molar-refractivity contribution in [1.82, 2.24) is 35.6 Å². The summed E-state index contributed by atoms with van der Waals surface area (Å²) in [6.07, 6.45) is 4.88. The molecule has 1 atom stereocenters. The molecule has 1 amide bonds. The molecule has 5 rings (SSSR count). The van der Waals surface area contributed by atoms with Crippen LogP contribution in [-0.2, 0) is 12.0 Å². The van der Waals surface area contributed by atoms with Gasteiger partial charge in [-0.2, -0.15) is 0 Å². The predicted octanol–water partition coefficient (Wildman–Crippen LogP) is 2.67. The van der Waals surface area contributed by atoms with E-state index in [0.29, 0.717) is 54.5 Å². The lowest BCUT2D eigenvalue weighted by Crippen LogP contribution is -2.47. The third-order valence-electron chi connectivity index (χ3n) is 5.81. The minimum atomic E-state index is -1.07. The molecule has 5 N–H and O–H groups in total. The number of pyridine rings is 1. The summed E-state index contributed by atoms with van der Waals surface area (Å²) in [5, 5.41) is 20.4. The number of imidazole rings is 1. The molecule has 0 bridgehead atoms. The van der Waals surface area contributed by atoms with Crippen LogP contribution in [0, 0.1) is 0 Å². The molecule has 1 aliphatic heterocycles. The summed E-state index contributed by atoms with van der Waals surface area (Å²) >= 11 is 6.60. The molecule has 0 unspecified atom stereocenters. The Balaban J connectivity index is 1.54. The van der Waals surface area contributed by atoms with Gasteiger partial charge in [-0.1, -0.05) is 11.6 Å². The average Bonchev–Trinajstić information content (AvgIpc) is 3.44. The van der Waals surface area contributed by atoms with Crippen LogP contribution >= 0.6 is 11.6 Å². The maximum absolute atomic E-state index is 11.7. The lowest BCUT2D eigenvalue weighted by molar-refractivity contribution is 0.179. The fourth-order valence-corrected chi connectivity index (χ4v) is 4.76. The first-order valence-corrected chi connectivity index (χ1v) is 10.6. The highest BCUT2D eigenvalue weighted by Crippen LogP contribution is 2.38. The number of nitrogens with one attached hydrogen (secondary N) is 4. The first kappa shape index (κ1) is 20.4. The van der Waals surface area contributed by atoms with Crippen LogP contribution in [0.3, 0.4) is 0 Å². The number of hydrogen-bond donors (Lipinski definition) is 5. The van der Waals surface area contributed by atoms with Crippen molar-refractivity contribution in [2.75, 3.05) is 25.0 Å². The number of rotatable bonds is 6. The Bertz CT molecular complexity index is 1300. The van der Waals surface area contributed by atoms with Crippen LogP contribution in [0.15, 0.2) is 37.1 Å². The molecule has 4 heterocycles. The highest BCUT2D eigenvalue weighted by molar-refractivity contribution is 6.35. The summed E-state index contributed by atoms with van der Waals surface area (Å²) < 4.78 is 0. The quantitative estimate of drug-likeness (QED) is 0.300. The van der Waals surface area contributed by atoms with Gasteiger partial charge in [0.05, 0.1) is 22.4 Å². The highest BCUT2D eigenvalue weighted by Gasteiger charge is 2.40. The largest absolute Gasteiger partial charge is 0.465 e. The number of amides is 1. The van der Waals surface area contributed by atoms with Crippen molar-refractivity contribution in [1.29, 1.82) is 0 Å². The lowest BCUT2D eigenvalue weighted by Gasteiger charge is -2.32. The van der Waals surface area contributed by atoms with E-state index in [4.69, 9.17) is 11.6 Å². The van der Waals surface area contributed by atoms with E-state index in [9.17, 15) is 9.90 Å². The van der Waals surface area contributed by atoms with E-state index >= 15 is 0 Å². The van der Waals surface area contributed by atoms with Gasteiger partial charge in [-0.3, -0.25) is 4.98 Å². The number of halogens is 1. The molecule has 0 aliphatic carbocycles. The van der Waals surface area contributed by atoms with Gasteiger partial charge < -0.3 is 26.0 Å². The van der Waals surface area contributed by atoms with Gasteiger partial charge in [0.2, 0.25) is 0 Å². The molecule has 0 saturated carbocycles. The van der Waals surface area contributed by atoms with Crippen molar-refractivity contribution < 1.29 is 9.90 Å². The minimum Gasteiger partial charge on any atom is -0.465 e. The van der Waals surface area contributed by atoms with Gasteiger partial charge in [0.25, 0.3) is 0 Å². The summed E-state index contributed by atoms with van der Waals surface area (Å²) in [7, 11) is 0. The number of anilines is 1. The van der Waals surface area contributed by atoms with Crippen molar-refractivity contribution >= 4 is 45.6 Å². The van der Waals surface area contributed by atoms with Gasteiger partial charge in [0, 0.05) is 30.2 Å². The van der Waals surface area contributed by atoms with Crippen LogP contribution in [0.2, 0.25) is 5.02 Å². The molecule has 0 radical (unpaired) electrons. The average molecular weight is 453 g/mol. The van der Waals surface area contributed by atoms with Crippen LogP contribution < -0.4 is 16.0 Å². The zero-order valence-electron chi connectivity index (χ0n) is 17.0. The Morgan fingerprint density at radius 2 is 2.19 bits per heavy atom.